The quantitative estimate of drug-likeness (QED) is 0.469. The van der Waals surface area contributed by atoms with E-state index in [1.807, 2.05) is 12.1 Å². The molecule has 0 saturated heterocycles. The van der Waals surface area contributed by atoms with Gasteiger partial charge in [-0.25, -0.2) is 14.2 Å². The number of hydrogen-bond donors (Lipinski definition) is 0. The zero-order valence-corrected chi connectivity index (χ0v) is 18.9. The number of amidine groups is 1. The molecule has 0 radical (unpaired) electrons. The molecule has 0 N–H and O–H groups in total. The van der Waals surface area contributed by atoms with Crippen LogP contribution in [0.3, 0.4) is 0 Å². The number of methoxy groups -OCH3 is 2. The highest BCUT2D eigenvalue weighted by atomic mass is 19.1. The van der Waals surface area contributed by atoms with Gasteiger partial charge in [0.1, 0.15) is 5.82 Å². The predicted molar refractivity (Wildman–Crippen MR) is 128 cm³/mol. The molecule has 5 nitrogen and oxygen atoms in total. The highest BCUT2D eigenvalue weighted by molar-refractivity contribution is 6.17. The van der Waals surface area contributed by atoms with Crippen molar-refractivity contribution in [3.05, 3.63) is 94.3 Å². The number of carbonyl (C=O) groups excluding carboxylic acids is 1. The summed E-state index contributed by atoms with van der Waals surface area (Å²) in [6, 6.07) is 18.9. The van der Waals surface area contributed by atoms with Gasteiger partial charge in [0, 0.05) is 12.7 Å². The highest BCUT2D eigenvalue weighted by Gasteiger charge is 2.19. The van der Waals surface area contributed by atoms with Gasteiger partial charge in [-0.1, -0.05) is 49.4 Å². The van der Waals surface area contributed by atoms with Gasteiger partial charge in [0.05, 0.1) is 31.5 Å². The molecular formula is C27H25FN2O3. The van der Waals surface area contributed by atoms with E-state index in [1.54, 1.807) is 13.2 Å². The van der Waals surface area contributed by atoms with E-state index >= 15 is 0 Å². The molecule has 1 aliphatic heterocycles. The molecule has 4 rings (SSSR count). The van der Waals surface area contributed by atoms with Crippen molar-refractivity contribution < 1.29 is 18.7 Å². The molecule has 168 valence electrons. The third kappa shape index (κ3) is 4.61. The van der Waals surface area contributed by atoms with Crippen LogP contribution in [-0.4, -0.2) is 38.3 Å². The number of benzene rings is 3. The second-order valence-electron chi connectivity index (χ2n) is 7.70. The Bertz CT molecular complexity index is 1260. The van der Waals surface area contributed by atoms with Crippen molar-refractivity contribution in [1.82, 2.24) is 0 Å². The van der Waals surface area contributed by atoms with Crippen LogP contribution in [0.25, 0.3) is 11.1 Å². The monoisotopic (exact) mass is 444 g/mol. The smallest absolute Gasteiger partial charge is 0.340 e. The highest BCUT2D eigenvalue weighted by Crippen LogP contribution is 2.30. The predicted octanol–water partition coefficient (Wildman–Crippen LogP) is 5.24. The van der Waals surface area contributed by atoms with E-state index in [9.17, 15) is 9.18 Å². The van der Waals surface area contributed by atoms with Crippen molar-refractivity contribution in [3.63, 3.8) is 0 Å². The SMILES string of the molecule is CCc1ccccc1-c1ccc(C2=NC(c3ccc(C(=O)OC)c(F)c3)=NC2)cc1COC. The van der Waals surface area contributed by atoms with E-state index in [4.69, 9.17) is 4.74 Å². The second-order valence-corrected chi connectivity index (χ2v) is 7.70. The van der Waals surface area contributed by atoms with Gasteiger partial charge in [0.15, 0.2) is 5.84 Å². The fraction of sp³-hybridized carbons (Fsp3) is 0.222. The Kier molecular flexibility index (Phi) is 6.75. The first-order valence-corrected chi connectivity index (χ1v) is 10.8. The lowest BCUT2D eigenvalue weighted by Gasteiger charge is -2.14. The zero-order valence-electron chi connectivity index (χ0n) is 18.9. The first-order valence-electron chi connectivity index (χ1n) is 10.8. The summed E-state index contributed by atoms with van der Waals surface area (Å²) >= 11 is 0. The topological polar surface area (TPSA) is 60.2 Å². The second kappa shape index (κ2) is 9.88. The molecule has 0 saturated carbocycles. The summed E-state index contributed by atoms with van der Waals surface area (Å²) in [5.41, 5.74) is 6.84. The maximum absolute atomic E-state index is 14.3. The maximum atomic E-state index is 14.3. The van der Waals surface area contributed by atoms with E-state index in [-0.39, 0.29) is 5.56 Å². The molecule has 0 fully saturated rings. The third-order valence-corrected chi connectivity index (χ3v) is 5.68. The molecule has 0 bridgehead atoms. The lowest BCUT2D eigenvalue weighted by atomic mass is 9.92. The summed E-state index contributed by atoms with van der Waals surface area (Å²) in [5, 5.41) is 0. The van der Waals surface area contributed by atoms with Gasteiger partial charge in [0.2, 0.25) is 0 Å². The van der Waals surface area contributed by atoms with Gasteiger partial charge in [-0.05, 0) is 52.4 Å². The molecular weight excluding hydrogens is 419 g/mol. The lowest BCUT2D eigenvalue weighted by Crippen LogP contribution is -2.06. The van der Waals surface area contributed by atoms with Crippen LogP contribution in [0.4, 0.5) is 4.39 Å². The number of rotatable bonds is 7. The van der Waals surface area contributed by atoms with Crippen LogP contribution in [0, 0.1) is 5.82 Å². The Morgan fingerprint density at radius 3 is 2.45 bits per heavy atom. The summed E-state index contributed by atoms with van der Waals surface area (Å²) in [4.78, 5) is 20.8. The molecule has 0 spiro atoms. The average molecular weight is 445 g/mol. The first kappa shape index (κ1) is 22.6. The molecule has 0 atom stereocenters. The first-order chi connectivity index (χ1) is 16.0. The van der Waals surface area contributed by atoms with Crippen LogP contribution in [-0.2, 0) is 22.5 Å². The number of esters is 1. The molecule has 0 unspecified atom stereocenters. The van der Waals surface area contributed by atoms with Crippen LogP contribution in [0.2, 0.25) is 0 Å². The van der Waals surface area contributed by atoms with Crippen LogP contribution in [0.15, 0.2) is 70.6 Å². The van der Waals surface area contributed by atoms with Crippen LogP contribution >= 0.6 is 0 Å². The Balaban J connectivity index is 1.65. The molecule has 1 heterocycles. The summed E-state index contributed by atoms with van der Waals surface area (Å²) in [5.74, 6) is -0.937. The van der Waals surface area contributed by atoms with Crippen molar-refractivity contribution >= 4 is 17.5 Å². The summed E-state index contributed by atoms with van der Waals surface area (Å²) in [6.45, 7) is 3.02. The number of ether oxygens (including phenoxy) is 2. The van der Waals surface area contributed by atoms with Crippen molar-refractivity contribution in [2.45, 2.75) is 20.0 Å². The number of aryl methyl sites for hydroxylation is 1. The summed E-state index contributed by atoms with van der Waals surface area (Å²) in [7, 11) is 2.90. The van der Waals surface area contributed by atoms with Gasteiger partial charge >= 0.3 is 5.97 Å². The van der Waals surface area contributed by atoms with Crippen LogP contribution < -0.4 is 0 Å². The molecule has 3 aromatic rings. The molecule has 0 aromatic heterocycles. The summed E-state index contributed by atoms with van der Waals surface area (Å²) in [6.07, 6.45) is 0.944. The Morgan fingerprint density at radius 2 is 1.73 bits per heavy atom. The number of hydrogen-bond acceptors (Lipinski definition) is 5. The zero-order chi connectivity index (χ0) is 23.4. The van der Waals surface area contributed by atoms with Crippen molar-refractivity contribution in [3.8, 4) is 11.1 Å². The van der Waals surface area contributed by atoms with Crippen molar-refractivity contribution in [2.75, 3.05) is 20.8 Å². The number of halogens is 1. The summed E-state index contributed by atoms with van der Waals surface area (Å²) < 4.78 is 24.4. The van der Waals surface area contributed by atoms with E-state index in [2.05, 4.69) is 52.0 Å². The van der Waals surface area contributed by atoms with Gasteiger partial charge in [0.25, 0.3) is 0 Å². The van der Waals surface area contributed by atoms with Crippen molar-refractivity contribution in [1.29, 1.82) is 0 Å². The number of nitrogens with zero attached hydrogens (tertiary/aromatic N) is 2. The fourth-order valence-electron chi connectivity index (χ4n) is 3.99. The Labute approximate surface area is 192 Å². The molecule has 0 amide bonds. The minimum atomic E-state index is -0.716. The van der Waals surface area contributed by atoms with Gasteiger partial charge < -0.3 is 9.47 Å². The molecule has 0 aliphatic carbocycles. The largest absolute Gasteiger partial charge is 0.465 e. The van der Waals surface area contributed by atoms with Crippen LogP contribution in [0.1, 0.15) is 39.5 Å². The molecule has 1 aliphatic rings. The standard InChI is InChI=1S/C27H25FN2O3/c1-4-17-7-5-6-8-21(17)22-11-9-18(13-20(22)16-32-2)25-15-29-26(30-25)19-10-12-23(24(28)14-19)27(31)33-3/h5-14H,4,15-16H2,1-3H3. The van der Waals surface area contributed by atoms with Gasteiger partial charge in [-0.3, -0.25) is 4.99 Å². The van der Waals surface area contributed by atoms with E-state index < -0.39 is 11.8 Å². The molecule has 33 heavy (non-hydrogen) atoms. The fourth-order valence-corrected chi connectivity index (χ4v) is 3.99. The Morgan fingerprint density at radius 1 is 0.970 bits per heavy atom. The number of aliphatic imine (C=N–C) groups is 2. The average Bonchev–Trinajstić information content (AvgIpc) is 3.34. The molecule has 6 heteroatoms. The van der Waals surface area contributed by atoms with Crippen molar-refractivity contribution in [2.24, 2.45) is 9.98 Å². The maximum Gasteiger partial charge on any atom is 0.340 e. The molecule has 3 aromatic carbocycles. The van der Waals surface area contributed by atoms with E-state index in [0.717, 1.165) is 28.8 Å². The van der Waals surface area contributed by atoms with Gasteiger partial charge in [-0.15, -0.1) is 0 Å². The van der Waals surface area contributed by atoms with E-state index in [1.165, 1.54) is 30.4 Å². The minimum Gasteiger partial charge on any atom is -0.465 e. The number of carbonyl (C=O) groups is 1. The third-order valence-electron chi connectivity index (χ3n) is 5.68. The minimum absolute atomic E-state index is 0.115. The normalized spacial score (nSPS) is 13.0. The lowest BCUT2D eigenvalue weighted by molar-refractivity contribution is 0.0595. The van der Waals surface area contributed by atoms with E-state index in [0.29, 0.717) is 24.6 Å². The van der Waals surface area contributed by atoms with Crippen LogP contribution in [0.5, 0.6) is 0 Å². The van der Waals surface area contributed by atoms with Gasteiger partial charge in [-0.2, -0.15) is 0 Å². The Hall–Kier alpha value is -3.64.